The van der Waals surface area contributed by atoms with Gasteiger partial charge in [-0.05, 0) is 36.4 Å². The van der Waals surface area contributed by atoms with Gasteiger partial charge in [-0.15, -0.1) is 10.2 Å². The van der Waals surface area contributed by atoms with Gasteiger partial charge in [0.05, 0.1) is 25.7 Å². The number of ether oxygens (including phenoxy) is 1. The lowest BCUT2D eigenvalue weighted by molar-refractivity contribution is -0.127. The van der Waals surface area contributed by atoms with E-state index in [1.165, 1.54) is 11.8 Å². The number of para-hydroxylation sites is 1. The highest BCUT2D eigenvalue weighted by Gasteiger charge is 2.19. The van der Waals surface area contributed by atoms with Crippen molar-refractivity contribution in [3.63, 3.8) is 0 Å². The molecule has 0 bridgehead atoms. The fraction of sp³-hybridized carbons (Fsp3) is 0.174. The molecule has 0 spiro atoms. The highest BCUT2D eigenvalue weighted by molar-refractivity contribution is 7.99. The fourth-order valence-electron chi connectivity index (χ4n) is 3.08. The molecule has 0 saturated carbocycles. The van der Waals surface area contributed by atoms with Gasteiger partial charge in [0.2, 0.25) is 5.91 Å². The average molecular weight is 435 g/mol. The Hall–Kier alpha value is -3.52. The maximum absolute atomic E-state index is 12.6. The number of carbonyl (C=O) groups excluding carboxylic acids is 1. The van der Waals surface area contributed by atoms with Gasteiger partial charge in [0.15, 0.2) is 11.0 Å². The van der Waals surface area contributed by atoms with Crippen LogP contribution in [0.15, 0.2) is 82.6 Å². The third kappa shape index (κ3) is 4.80. The predicted octanol–water partition coefficient (Wildman–Crippen LogP) is 4.29. The minimum absolute atomic E-state index is 0.0213. The van der Waals surface area contributed by atoms with Gasteiger partial charge in [-0.1, -0.05) is 42.1 Å². The van der Waals surface area contributed by atoms with Crippen molar-refractivity contribution in [2.75, 3.05) is 19.9 Å². The molecule has 4 rings (SSSR count). The molecular formula is C23H22N4O3S. The monoisotopic (exact) mass is 434 g/mol. The van der Waals surface area contributed by atoms with E-state index in [-0.39, 0.29) is 11.7 Å². The van der Waals surface area contributed by atoms with Gasteiger partial charge >= 0.3 is 0 Å². The van der Waals surface area contributed by atoms with E-state index in [9.17, 15) is 4.79 Å². The Bertz CT molecular complexity index is 1140. The van der Waals surface area contributed by atoms with E-state index in [4.69, 9.17) is 9.15 Å². The number of furan rings is 1. The number of benzene rings is 2. The number of methoxy groups -OCH3 is 1. The van der Waals surface area contributed by atoms with Crippen LogP contribution in [0.2, 0.25) is 0 Å². The molecule has 4 aromatic rings. The first-order valence-corrected chi connectivity index (χ1v) is 10.7. The zero-order valence-corrected chi connectivity index (χ0v) is 18.1. The molecule has 31 heavy (non-hydrogen) atoms. The molecule has 0 aliphatic heterocycles. The van der Waals surface area contributed by atoms with Crippen molar-refractivity contribution < 1.29 is 13.9 Å². The van der Waals surface area contributed by atoms with E-state index >= 15 is 0 Å². The molecule has 0 aliphatic carbocycles. The lowest BCUT2D eigenvalue weighted by Crippen LogP contribution is -2.27. The van der Waals surface area contributed by atoms with Crippen molar-refractivity contribution in [2.45, 2.75) is 11.7 Å². The quantitative estimate of drug-likeness (QED) is 0.385. The van der Waals surface area contributed by atoms with Crippen LogP contribution in [0.4, 0.5) is 0 Å². The molecule has 2 aromatic heterocycles. The number of aromatic nitrogens is 3. The SMILES string of the molecule is COc1cccc(-c2nnc(SCC(=O)N(C)Cc3ccco3)n2-c2ccccc2)c1. The fourth-order valence-corrected chi connectivity index (χ4v) is 3.98. The third-order valence-electron chi connectivity index (χ3n) is 4.70. The van der Waals surface area contributed by atoms with Crippen molar-refractivity contribution in [3.8, 4) is 22.8 Å². The molecule has 0 aliphatic rings. The number of carbonyl (C=O) groups is 1. The summed E-state index contributed by atoms with van der Waals surface area (Å²) in [5.74, 6) is 2.38. The first-order chi connectivity index (χ1) is 15.2. The summed E-state index contributed by atoms with van der Waals surface area (Å²) in [5.41, 5.74) is 1.80. The lowest BCUT2D eigenvalue weighted by Gasteiger charge is -2.15. The van der Waals surface area contributed by atoms with Crippen molar-refractivity contribution in [1.29, 1.82) is 0 Å². The number of nitrogens with zero attached hydrogens (tertiary/aromatic N) is 4. The summed E-state index contributed by atoms with van der Waals surface area (Å²) >= 11 is 1.35. The summed E-state index contributed by atoms with van der Waals surface area (Å²) in [7, 11) is 3.39. The van der Waals surface area contributed by atoms with E-state index in [1.54, 1.807) is 25.3 Å². The maximum atomic E-state index is 12.6. The second-order valence-electron chi connectivity index (χ2n) is 6.83. The Balaban J connectivity index is 1.59. The standard InChI is InChI=1S/C23H22N4O3S/c1-26(15-20-12-7-13-30-20)21(28)16-31-23-25-24-22(17-8-6-11-19(14-17)29-2)27(23)18-9-4-3-5-10-18/h3-14H,15-16H2,1-2H3. The van der Waals surface area contributed by atoms with Crippen molar-refractivity contribution in [1.82, 2.24) is 19.7 Å². The highest BCUT2D eigenvalue weighted by atomic mass is 32.2. The van der Waals surface area contributed by atoms with E-state index < -0.39 is 0 Å². The summed E-state index contributed by atoms with van der Waals surface area (Å²) in [6.45, 7) is 0.423. The second kappa shape index (κ2) is 9.53. The van der Waals surface area contributed by atoms with Crippen molar-refractivity contribution in [3.05, 3.63) is 78.8 Å². The molecule has 158 valence electrons. The molecule has 0 saturated heterocycles. The van der Waals surface area contributed by atoms with Crippen molar-refractivity contribution >= 4 is 17.7 Å². The van der Waals surface area contributed by atoms with Crippen LogP contribution >= 0.6 is 11.8 Å². The smallest absolute Gasteiger partial charge is 0.233 e. The molecule has 0 radical (unpaired) electrons. The Morgan fingerprint density at radius 1 is 1.10 bits per heavy atom. The van der Waals surface area contributed by atoms with Gasteiger partial charge in [-0.2, -0.15) is 0 Å². The maximum Gasteiger partial charge on any atom is 0.233 e. The first-order valence-electron chi connectivity index (χ1n) is 9.70. The van der Waals surface area contributed by atoms with E-state index in [0.717, 1.165) is 22.8 Å². The Kier molecular flexibility index (Phi) is 6.37. The Labute approximate surface area is 184 Å². The first kappa shape index (κ1) is 20.7. The molecule has 0 N–H and O–H groups in total. The van der Waals surface area contributed by atoms with Crippen LogP contribution < -0.4 is 4.74 Å². The van der Waals surface area contributed by atoms with Crippen LogP contribution in [0.1, 0.15) is 5.76 Å². The lowest BCUT2D eigenvalue weighted by atomic mass is 10.2. The van der Waals surface area contributed by atoms with Gasteiger partial charge in [0.1, 0.15) is 11.5 Å². The van der Waals surface area contributed by atoms with Gasteiger partial charge in [0, 0.05) is 18.3 Å². The zero-order valence-electron chi connectivity index (χ0n) is 17.3. The van der Waals surface area contributed by atoms with Gasteiger partial charge in [0.25, 0.3) is 0 Å². The van der Waals surface area contributed by atoms with Crippen LogP contribution in [0.3, 0.4) is 0 Å². The summed E-state index contributed by atoms with van der Waals surface area (Å²) in [6.07, 6.45) is 1.60. The van der Waals surface area contributed by atoms with E-state index in [1.807, 2.05) is 71.3 Å². The summed E-state index contributed by atoms with van der Waals surface area (Å²) in [6, 6.07) is 21.2. The number of rotatable bonds is 8. The number of thioether (sulfide) groups is 1. The van der Waals surface area contributed by atoms with Crippen LogP contribution in [-0.4, -0.2) is 45.5 Å². The number of hydrogen-bond acceptors (Lipinski definition) is 6. The van der Waals surface area contributed by atoms with E-state index in [2.05, 4.69) is 10.2 Å². The largest absolute Gasteiger partial charge is 0.497 e. The molecule has 1 amide bonds. The topological polar surface area (TPSA) is 73.4 Å². The van der Waals surface area contributed by atoms with Crippen molar-refractivity contribution in [2.24, 2.45) is 0 Å². The molecule has 7 nitrogen and oxygen atoms in total. The molecule has 2 heterocycles. The molecule has 0 unspecified atom stereocenters. The van der Waals surface area contributed by atoms with E-state index in [0.29, 0.717) is 17.5 Å². The highest BCUT2D eigenvalue weighted by Crippen LogP contribution is 2.29. The van der Waals surface area contributed by atoms with Gasteiger partial charge < -0.3 is 14.1 Å². The Morgan fingerprint density at radius 2 is 1.94 bits per heavy atom. The minimum atomic E-state index is -0.0213. The Morgan fingerprint density at radius 3 is 2.68 bits per heavy atom. The van der Waals surface area contributed by atoms with Crippen LogP contribution in [-0.2, 0) is 11.3 Å². The molecule has 0 fully saturated rings. The van der Waals surface area contributed by atoms with Crippen LogP contribution in [0, 0.1) is 0 Å². The minimum Gasteiger partial charge on any atom is -0.497 e. The summed E-state index contributed by atoms with van der Waals surface area (Å²) in [5, 5.41) is 9.44. The predicted molar refractivity (Wildman–Crippen MR) is 119 cm³/mol. The number of amides is 1. The molecular weight excluding hydrogens is 412 g/mol. The zero-order chi connectivity index (χ0) is 21.6. The number of hydrogen-bond donors (Lipinski definition) is 0. The normalized spacial score (nSPS) is 10.8. The molecule has 0 atom stereocenters. The summed E-state index contributed by atoms with van der Waals surface area (Å²) in [4.78, 5) is 14.3. The summed E-state index contributed by atoms with van der Waals surface area (Å²) < 4.78 is 12.6. The van der Waals surface area contributed by atoms with Gasteiger partial charge in [-0.25, -0.2) is 0 Å². The van der Waals surface area contributed by atoms with Crippen LogP contribution in [0.5, 0.6) is 5.75 Å². The third-order valence-corrected chi connectivity index (χ3v) is 5.61. The van der Waals surface area contributed by atoms with Gasteiger partial charge in [-0.3, -0.25) is 9.36 Å². The second-order valence-corrected chi connectivity index (χ2v) is 7.77. The average Bonchev–Trinajstić information content (AvgIpc) is 3.48. The van der Waals surface area contributed by atoms with Crippen LogP contribution in [0.25, 0.3) is 17.1 Å². The molecule has 8 heteroatoms. The molecule has 2 aromatic carbocycles.